The molecule has 2 aromatic carbocycles. The lowest BCUT2D eigenvalue weighted by Gasteiger charge is -2.17. The molecule has 0 bridgehead atoms. The van der Waals surface area contributed by atoms with Gasteiger partial charge in [0.05, 0.1) is 18.4 Å². The fraction of sp³-hybridized carbons (Fsp3) is 0.278. The Morgan fingerprint density at radius 2 is 1.83 bits per heavy atom. The molecule has 0 aliphatic rings. The standard InChI is InChI=1S/C18H22N2O3S/c1-13-8-9-15(14(2)10-13)11-18(21)19-16-6-5-7-17(12-16)20(3)24(4,22)23/h5-10,12H,11H2,1-4H3,(H,19,21). The van der Waals surface area contributed by atoms with Crippen molar-refractivity contribution in [2.24, 2.45) is 0 Å². The molecule has 2 rings (SSSR count). The maximum atomic E-state index is 12.3. The van der Waals surface area contributed by atoms with Gasteiger partial charge < -0.3 is 5.32 Å². The molecule has 0 fully saturated rings. The third-order valence-electron chi connectivity index (χ3n) is 3.84. The first kappa shape index (κ1) is 18.0. The molecule has 0 radical (unpaired) electrons. The second-order valence-electron chi connectivity index (χ2n) is 5.94. The summed E-state index contributed by atoms with van der Waals surface area (Å²) in [6.07, 6.45) is 1.41. The minimum atomic E-state index is -3.34. The molecule has 0 saturated heterocycles. The van der Waals surface area contributed by atoms with Crippen molar-refractivity contribution in [3.05, 3.63) is 59.2 Å². The predicted molar refractivity (Wildman–Crippen MR) is 97.9 cm³/mol. The van der Waals surface area contributed by atoms with Crippen molar-refractivity contribution < 1.29 is 13.2 Å². The molecule has 1 N–H and O–H groups in total. The maximum absolute atomic E-state index is 12.3. The van der Waals surface area contributed by atoms with Crippen LogP contribution in [0.15, 0.2) is 42.5 Å². The fourth-order valence-electron chi connectivity index (χ4n) is 2.39. The van der Waals surface area contributed by atoms with Crippen LogP contribution in [0.25, 0.3) is 0 Å². The molecule has 6 heteroatoms. The number of anilines is 2. The van der Waals surface area contributed by atoms with Crippen LogP contribution in [0.2, 0.25) is 0 Å². The van der Waals surface area contributed by atoms with Crippen LogP contribution >= 0.6 is 0 Å². The Kier molecular flexibility index (Phi) is 5.29. The number of sulfonamides is 1. The number of hydrogen-bond donors (Lipinski definition) is 1. The van der Waals surface area contributed by atoms with Gasteiger partial charge in [-0.1, -0.05) is 29.8 Å². The molecular formula is C18H22N2O3S. The van der Waals surface area contributed by atoms with Gasteiger partial charge in [0.25, 0.3) is 0 Å². The number of aryl methyl sites for hydroxylation is 2. The lowest BCUT2D eigenvalue weighted by molar-refractivity contribution is -0.115. The highest BCUT2D eigenvalue weighted by atomic mass is 32.2. The first-order chi connectivity index (χ1) is 11.2. The van der Waals surface area contributed by atoms with E-state index in [1.807, 2.05) is 32.0 Å². The van der Waals surface area contributed by atoms with Crippen molar-refractivity contribution in [3.8, 4) is 0 Å². The summed E-state index contributed by atoms with van der Waals surface area (Å²) in [5.74, 6) is -0.138. The Morgan fingerprint density at radius 3 is 2.46 bits per heavy atom. The van der Waals surface area contributed by atoms with Gasteiger partial charge in [-0.15, -0.1) is 0 Å². The van der Waals surface area contributed by atoms with Crippen molar-refractivity contribution in [3.63, 3.8) is 0 Å². The Hall–Kier alpha value is -2.34. The second kappa shape index (κ2) is 7.05. The van der Waals surface area contributed by atoms with Crippen LogP contribution < -0.4 is 9.62 Å². The van der Waals surface area contributed by atoms with Crippen molar-refractivity contribution >= 4 is 27.3 Å². The summed E-state index contributed by atoms with van der Waals surface area (Å²) in [5, 5.41) is 2.82. The van der Waals surface area contributed by atoms with E-state index in [0.29, 0.717) is 11.4 Å². The first-order valence-electron chi connectivity index (χ1n) is 7.57. The zero-order valence-corrected chi connectivity index (χ0v) is 15.1. The third kappa shape index (κ3) is 4.58. The summed E-state index contributed by atoms with van der Waals surface area (Å²) in [5.41, 5.74) is 4.28. The van der Waals surface area contributed by atoms with Gasteiger partial charge in [-0.25, -0.2) is 8.42 Å². The van der Waals surface area contributed by atoms with E-state index in [0.717, 1.165) is 22.9 Å². The number of amides is 1. The first-order valence-corrected chi connectivity index (χ1v) is 9.41. The highest BCUT2D eigenvalue weighted by Crippen LogP contribution is 2.20. The van der Waals surface area contributed by atoms with Gasteiger partial charge in [0.15, 0.2) is 0 Å². The minimum absolute atomic E-state index is 0.138. The Balaban J connectivity index is 2.12. The molecule has 1 amide bonds. The molecule has 0 spiro atoms. The SMILES string of the molecule is Cc1ccc(CC(=O)Nc2cccc(N(C)S(C)(=O)=O)c2)c(C)c1. The zero-order chi connectivity index (χ0) is 17.9. The van der Waals surface area contributed by atoms with E-state index < -0.39 is 10.0 Å². The number of carbonyl (C=O) groups excluding carboxylic acids is 1. The second-order valence-corrected chi connectivity index (χ2v) is 7.95. The Labute approximate surface area is 143 Å². The van der Waals surface area contributed by atoms with Gasteiger partial charge in [0.1, 0.15) is 0 Å². The molecule has 0 aromatic heterocycles. The topological polar surface area (TPSA) is 66.5 Å². The van der Waals surface area contributed by atoms with Gasteiger partial charge in [-0.2, -0.15) is 0 Å². The van der Waals surface area contributed by atoms with Gasteiger partial charge in [0.2, 0.25) is 15.9 Å². The molecule has 24 heavy (non-hydrogen) atoms. The van der Waals surface area contributed by atoms with E-state index in [2.05, 4.69) is 5.32 Å². The average Bonchev–Trinajstić information content (AvgIpc) is 2.48. The molecule has 0 unspecified atom stereocenters. The summed E-state index contributed by atoms with van der Waals surface area (Å²) in [6, 6.07) is 12.8. The minimum Gasteiger partial charge on any atom is -0.326 e. The molecule has 0 atom stereocenters. The van der Waals surface area contributed by atoms with Crippen molar-refractivity contribution in [1.29, 1.82) is 0 Å². The van der Waals surface area contributed by atoms with Crippen LogP contribution in [-0.4, -0.2) is 27.6 Å². The van der Waals surface area contributed by atoms with Gasteiger partial charge >= 0.3 is 0 Å². The number of rotatable bonds is 5. The number of hydrogen-bond acceptors (Lipinski definition) is 3. The molecular weight excluding hydrogens is 324 g/mol. The molecule has 2 aromatic rings. The smallest absolute Gasteiger partial charge is 0.231 e. The summed E-state index contributed by atoms with van der Waals surface area (Å²) >= 11 is 0. The molecule has 0 aliphatic heterocycles. The van der Waals surface area contributed by atoms with Crippen LogP contribution in [0.4, 0.5) is 11.4 Å². The maximum Gasteiger partial charge on any atom is 0.231 e. The van der Waals surface area contributed by atoms with Crippen molar-refractivity contribution in [2.75, 3.05) is 22.9 Å². The van der Waals surface area contributed by atoms with E-state index >= 15 is 0 Å². The summed E-state index contributed by atoms with van der Waals surface area (Å²) in [6.45, 7) is 4.00. The van der Waals surface area contributed by atoms with Crippen LogP contribution in [0.5, 0.6) is 0 Å². The summed E-state index contributed by atoms with van der Waals surface area (Å²) in [4.78, 5) is 12.3. The average molecular weight is 346 g/mol. The number of nitrogens with zero attached hydrogens (tertiary/aromatic N) is 1. The van der Waals surface area contributed by atoms with Crippen molar-refractivity contribution in [1.82, 2.24) is 0 Å². The third-order valence-corrected chi connectivity index (χ3v) is 5.05. The van der Waals surface area contributed by atoms with E-state index in [9.17, 15) is 13.2 Å². The quantitative estimate of drug-likeness (QED) is 0.905. The lowest BCUT2D eigenvalue weighted by atomic mass is 10.0. The van der Waals surface area contributed by atoms with Crippen LogP contribution in [0.1, 0.15) is 16.7 Å². The van der Waals surface area contributed by atoms with Crippen LogP contribution in [0.3, 0.4) is 0 Å². The lowest BCUT2D eigenvalue weighted by Crippen LogP contribution is -2.25. The summed E-state index contributed by atoms with van der Waals surface area (Å²) in [7, 11) is -1.86. The molecule has 0 aliphatic carbocycles. The predicted octanol–water partition coefficient (Wildman–Crippen LogP) is 2.88. The summed E-state index contributed by atoms with van der Waals surface area (Å²) < 4.78 is 24.4. The zero-order valence-electron chi connectivity index (χ0n) is 14.3. The largest absolute Gasteiger partial charge is 0.326 e. The highest BCUT2D eigenvalue weighted by Gasteiger charge is 2.13. The van der Waals surface area contributed by atoms with E-state index in [-0.39, 0.29) is 12.3 Å². The van der Waals surface area contributed by atoms with Crippen LogP contribution in [-0.2, 0) is 21.2 Å². The number of benzene rings is 2. The number of carbonyl (C=O) groups is 1. The molecule has 0 heterocycles. The van der Waals surface area contributed by atoms with E-state index in [1.54, 1.807) is 24.3 Å². The van der Waals surface area contributed by atoms with Crippen molar-refractivity contribution in [2.45, 2.75) is 20.3 Å². The number of nitrogens with one attached hydrogen (secondary N) is 1. The van der Waals surface area contributed by atoms with Gasteiger partial charge in [-0.05, 0) is 43.2 Å². The van der Waals surface area contributed by atoms with Crippen LogP contribution in [0, 0.1) is 13.8 Å². The molecule has 128 valence electrons. The van der Waals surface area contributed by atoms with E-state index in [1.165, 1.54) is 11.4 Å². The molecule has 5 nitrogen and oxygen atoms in total. The van der Waals surface area contributed by atoms with E-state index in [4.69, 9.17) is 0 Å². The monoisotopic (exact) mass is 346 g/mol. The Morgan fingerprint density at radius 1 is 1.12 bits per heavy atom. The van der Waals surface area contributed by atoms with Gasteiger partial charge in [0, 0.05) is 12.7 Å². The van der Waals surface area contributed by atoms with Gasteiger partial charge in [-0.3, -0.25) is 9.10 Å². The highest BCUT2D eigenvalue weighted by molar-refractivity contribution is 7.92. The molecule has 0 saturated carbocycles. The fourth-order valence-corrected chi connectivity index (χ4v) is 2.89. The Bertz CT molecular complexity index is 860. The normalized spacial score (nSPS) is 11.2.